The Morgan fingerprint density at radius 2 is 1.83 bits per heavy atom. The summed E-state index contributed by atoms with van der Waals surface area (Å²) in [6, 6.07) is 9.73. The maximum atomic E-state index is 12.4. The normalized spacial score (nSPS) is 13.5. The van der Waals surface area contributed by atoms with Crippen LogP contribution < -0.4 is 10.5 Å². The van der Waals surface area contributed by atoms with Gasteiger partial charge in [0.1, 0.15) is 0 Å². The Morgan fingerprint density at radius 3 is 2.67 bits per heavy atom. The lowest BCUT2D eigenvalue weighted by atomic mass is 10.00. The molecule has 4 aromatic heterocycles. The quantitative estimate of drug-likeness (QED) is 0.517. The minimum Gasteiger partial charge on any atom is -0.350 e. The zero-order valence-corrected chi connectivity index (χ0v) is 17.3. The van der Waals surface area contributed by atoms with Gasteiger partial charge in [-0.1, -0.05) is 0 Å². The average molecular weight is 398 g/mol. The standard InChI is InChI=1S/C23H22N6O/c1-14-8-21-26-16(3)10-22(30)29(21)27-23(14)28-7-5-20-19(13-28)11-18(12-25-20)17-4-6-24-15(2)9-17/h4,6,8-12H,5,7,13H2,1-3H3. The van der Waals surface area contributed by atoms with E-state index in [2.05, 4.69) is 32.1 Å². The monoisotopic (exact) mass is 398 g/mol. The van der Waals surface area contributed by atoms with Crippen molar-refractivity contribution in [1.29, 1.82) is 0 Å². The molecule has 1 aliphatic heterocycles. The Kier molecular flexibility index (Phi) is 4.31. The molecule has 0 aromatic carbocycles. The van der Waals surface area contributed by atoms with Crippen LogP contribution in [0.15, 0.2) is 47.5 Å². The number of nitrogens with zero attached hydrogens (tertiary/aromatic N) is 6. The Bertz CT molecular complexity index is 1340. The van der Waals surface area contributed by atoms with Crippen molar-refractivity contribution >= 4 is 11.5 Å². The molecule has 0 fully saturated rings. The van der Waals surface area contributed by atoms with Crippen molar-refractivity contribution in [2.75, 3.05) is 11.4 Å². The molecule has 7 heteroatoms. The van der Waals surface area contributed by atoms with Crippen LogP contribution in [0.2, 0.25) is 0 Å². The second-order valence-corrected chi connectivity index (χ2v) is 7.84. The molecule has 150 valence electrons. The van der Waals surface area contributed by atoms with Crippen LogP contribution in [0, 0.1) is 20.8 Å². The Balaban J connectivity index is 1.53. The summed E-state index contributed by atoms with van der Waals surface area (Å²) in [6.07, 6.45) is 4.60. The molecule has 0 saturated carbocycles. The first-order chi connectivity index (χ1) is 14.5. The maximum absolute atomic E-state index is 12.4. The van der Waals surface area contributed by atoms with Gasteiger partial charge in [0, 0.05) is 60.6 Å². The summed E-state index contributed by atoms with van der Waals surface area (Å²) >= 11 is 0. The van der Waals surface area contributed by atoms with Crippen LogP contribution in [0.4, 0.5) is 5.82 Å². The smallest absolute Gasteiger partial charge is 0.274 e. The number of hydrogen-bond acceptors (Lipinski definition) is 6. The highest BCUT2D eigenvalue weighted by Gasteiger charge is 2.21. The molecule has 1 aliphatic rings. The van der Waals surface area contributed by atoms with Gasteiger partial charge in [0.2, 0.25) is 0 Å². The molecule has 0 N–H and O–H groups in total. The molecule has 4 aromatic rings. The van der Waals surface area contributed by atoms with E-state index in [0.29, 0.717) is 17.9 Å². The number of aromatic nitrogens is 5. The van der Waals surface area contributed by atoms with Crippen LogP contribution in [0.25, 0.3) is 16.8 Å². The van der Waals surface area contributed by atoms with Crippen molar-refractivity contribution in [3.8, 4) is 11.1 Å². The van der Waals surface area contributed by atoms with Crippen LogP contribution in [-0.4, -0.2) is 31.1 Å². The van der Waals surface area contributed by atoms with Gasteiger partial charge >= 0.3 is 0 Å². The topological polar surface area (TPSA) is 76.3 Å². The third kappa shape index (κ3) is 3.22. The van der Waals surface area contributed by atoms with E-state index in [1.807, 2.05) is 45.3 Å². The molecular weight excluding hydrogens is 376 g/mol. The molecule has 7 nitrogen and oxygen atoms in total. The predicted molar refractivity (Wildman–Crippen MR) is 116 cm³/mol. The first-order valence-electron chi connectivity index (χ1n) is 10.0. The Labute approximate surface area is 174 Å². The van der Waals surface area contributed by atoms with E-state index in [-0.39, 0.29) is 5.56 Å². The number of rotatable bonds is 2. The fraction of sp³-hybridized carbons (Fsp3) is 0.261. The van der Waals surface area contributed by atoms with Gasteiger partial charge in [-0.3, -0.25) is 14.8 Å². The minimum absolute atomic E-state index is 0.159. The van der Waals surface area contributed by atoms with Gasteiger partial charge in [0.25, 0.3) is 5.56 Å². The highest BCUT2D eigenvalue weighted by molar-refractivity contribution is 5.64. The second-order valence-electron chi connectivity index (χ2n) is 7.84. The summed E-state index contributed by atoms with van der Waals surface area (Å²) in [5, 5.41) is 4.64. The molecule has 5 rings (SSSR count). The van der Waals surface area contributed by atoms with Gasteiger partial charge in [0.05, 0.1) is 0 Å². The lowest BCUT2D eigenvalue weighted by molar-refractivity contribution is 0.685. The van der Waals surface area contributed by atoms with Gasteiger partial charge in [-0.05, 0) is 61.7 Å². The molecule has 0 amide bonds. The number of fused-ring (bicyclic) bond motifs is 2. The molecule has 0 atom stereocenters. The summed E-state index contributed by atoms with van der Waals surface area (Å²) < 4.78 is 1.39. The Morgan fingerprint density at radius 1 is 0.967 bits per heavy atom. The van der Waals surface area contributed by atoms with Crippen LogP contribution in [0.1, 0.15) is 28.2 Å². The number of hydrogen-bond donors (Lipinski definition) is 0. The molecule has 0 saturated heterocycles. The van der Waals surface area contributed by atoms with Crippen molar-refractivity contribution in [2.45, 2.75) is 33.7 Å². The van der Waals surface area contributed by atoms with E-state index >= 15 is 0 Å². The zero-order valence-electron chi connectivity index (χ0n) is 17.3. The Hall–Kier alpha value is -3.61. The second kappa shape index (κ2) is 7.02. The largest absolute Gasteiger partial charge is 0.350 e. The number of aryl methyl sites for hydroxylation is 3. The molecule has 0 aliphatic carbocycles. The lowest BCUT2D eigenvalue weighted by Gasteiger charge is -2.30. The van der Waals surface area contributed by atoms with Gasteiger partial charge in [-0.15, -0.1) is 5.10 Å². The van der Waals surface area contributed by atoms with Crippen LogP contribution >= 0.6 is 0 Å². The lowest BCUT2D eigenvalue weighted by Crippen LogP contribution is -2.33. The van der Waals surface area contributed by atoms with Crippen LogP contribution in [-0.2, 0) is 13.0 Å². The molecule has 0 radical (unpaired) electrons. The molecule has 0 spiro atoms. The molecule has 5 heterocycles. The molecule has 0 unspecified atom stereocenters. The van der Waals surface area contributed by atoms with E-state index in [1.54, 1.807) is 0 Å². The minimum atomic E-state index is -0.159. The zero-order chi connectivity index (χ0) is 20.8. The molecule has 0 bridgehead atoms. The fourth-order valence-electron chi connectivity index (χ4n) is 4.04. The van der Waals surface area contributed by atoms with Crippen molar-refractivity contribution in [2.24, 2.45) is 0 Å². The van der Waals surface area contributed by atoms with Gasteiger partial charge in [-0.25, -0.2) is 4.98 Å². The predicted octanol–water partition coefficient (Wildman–Crippen LogP) is 3.03. The molecule has 30 heavy (non-hydrogen) atoms. The number of pyridine rings is 2. The van der Waals surface area contributed by atoms with E-state index in [1.165, 1.54) is 16.1 Å². The van der Waals surface area contributed by atoms with Crippen molar-refractivity contribution in [3.63, 3.8) is 0 Å². The van der Waals surface area contributed by atoms with E-state index in [4.69, 9.17) is 4.98 Å². The van der Waals surface area contributed by atoms with Crippen molar-refractivity contribution in [3.05, 3.63) is 81.3 Å². The van der Waals surface area contributed by atoms with E-state index in [0.717, 1.165) is 46.9 Å². The van der Waals surface area contributed by atoms with Gasteiger partial charge in [-0.2, -0.15) is 4.52 Å². The fourth-order valence-corrected chi connectivity index (χ4v) is 4.04. The summed E-state index contributed by atoms with van der Waals surface area (Å²) in [6.45, 7) is 7.33. The summed E-state index contributed by atoms with van der Waals surface area (Å²) in [4.78, 5) is 28.1. The summed E-state index contributed by atoms with van der Waals surface area (Å²) in [7, 11) is 0. The van der Waals surface area contributed by atoms with E-state index in [9.17, 15) is 4.79 Å². The summed E-state index contributed by atoms with van der Waals surface area (Å²) in [5.41, 5.74) is 7.61. The van der Waals surface area contributed by atoms with E-state index < -0.39 is 0 Å². The SMILES string of the molecule is Cc1cc(-c2cnc3c(c2)CN(c2nn4c(=O)cc(C)nc4cc2C)CC3)ccn1. The van der Waals surface area contributed by atoms with Crippen molar-refractivity contribution < 1.29 is 0 Å². The number of anilines is 1. The average Bonchev–Trinajstić information content (AvgIpc) is 2.72. The highest BCUT2D eigenvalue weighted by atomic mass is 16.1. The maximum Gasteiger partial charge on any atom is 0.274 e. The third-order valence-corrected chi connectivity index (χ3v) is 5.51. The van der Waals surface area contributed by atoms with Gasteiger partial charge < -0.3 is 4.90 Å². The molecular formula is C23H22N6O. The van der Waals surface area contributed by atoms with Gasteiger partial charge in [0.15, 0.2) is 11.5 Å². The van der Waals surface area contributed by atoms with Crippen molar-refractivity contribution in [1.82, 2.24) is 24.6 Å². The van der Waals surface area contributed by atoms with Crippen LogP contribution in [0.3, 0.4) is 0 Å². The van der Waals surface area contributed by atoms with Crippen LogP contribution in [0.5, 0.6) is 0 Å². The first kappa shape index (κ1) is 18.4. The third-order valence-electron chi connectivity index (χ3n) is 5.51. The summed E-state index contributed by atoms with van der Waals surface area (Å²) in [5.74, 6) is 0.811. The highest BCUT2D eigenvalue weighted by Crippen LogP contribution is 2.28. The first-order valence-corrected chi connectivity index (χ1v) is 10.0.